The van der Waals surface area contributed by atoms with Crippen molar-refractivity contribution in [3.63, 3.8) is 0 Å². The Labute approximate surface area is 116 Å². The smallest absolute Gasteiger partial charge is 0.382 e. The molecule has 0 aliphatic carbocycles. The first-order valence-corrected chi connectivity index (χ1v) is 6.16. The third-order valence-corrected chi connectivity index (χ3v) is 2.72. The lowest BCUT2D eigenvalue weighted by molar-refractivity contribution is -0.137. The van der Waals surface area contributed by atoms with Crippen LogP contribution in [0.25, 0.3) is 0 Å². The lowest BCUT2D eigenvalue weighted by Crippen LogP contribution is -2.40. The van der Waals surface area contributed by atoms with Gasteiger partial charge in [0.2, 0.25) is 0 Å². The van der Waals surface area contributed by atoms with Gasteiger partial charge < -0.3 is 9.47 Å². The van der Waals surface area contributed by atoms with Crippen molar-refractivity contribution >= 4 is 0 Å². The number of methoxy groups -OCH3 is 1. The Morgan fingerprint density at radius 2 is 2.05 bits per heavy atom. The van der Waals surface area contributed by atoms with E-state index in [9.17, 15) is 13.2 Å². The number of rotatable bonds is 8. The van der Waals surface area contributed by atoms with Crippen molar-refractivity contribution in [3.8, 4) is 0 Å². The van der Waals surface area contributed by atoms with Gasteiger partial charge in [0.1, 0.15) is 0 Å². The second kappa shape index (κ2) is 8.21. The molecule has 20 heavy (non-hydrogen) atoms. The van der Waals surface area contributed by atoms with Gasteiger partial charge in [0.05, 0.1) is 25.4 Å². The van der Waals surface area contributed by atoms with Gasteiger partial charge in [-0.3, -0.25) is 11.3 Å². The van der Waals surface area contributed by atoms with Crippen LogP contribution in [0.1, 0.15) is 11.1 Å². The molecule has 0 amide bonds. The summed E-state index contributed by atoms with van der Waals surface area (Å²) in [7, 11) is 1.56. The summed E-state index contributed by atoms with van der Waals surface area (Å²) in [6.07, 6.45) is -3.98. The SMILES string of the molecule is COCCOCC(Cc1cccc(C(F)(F)F)c1)NN. The fourth-order valence-electron chi connectivity index (χ4n) is 1.69. The Morgan fingerprint density at radius 3 is 2.65 bits per heavy atom. The molecule has 1 aromatic carbocycles. The number of benzene rings is 1. The lowest BCUT2D eigenvalue weighted by Gasteiger charge is -2.17. The van der Waals surface area contributed by atoms with Crippen LogP contribution < -0.4 is 11.3 Å². The van der Waals surface area contributed by atoms with E-state index in [-0.39, 0.29) is 6.04 Å². The lowest BCUT2D eigenvalue weighted by atomic mass is 10.0. The number of halogens is 3. The van der Waals surface area contributed by atoms with Crippen molar-refractivity contribution in [1.82, 2.24) is 5.43 Å². The average Bonchev–Trinajstić information content (AvgIpc) is 2.41. The predicted molar refractivity (Wildman–Crippen MR) is 69.0 cm³/mol. The normalized spacial score (nSPS) is 13.4. The molecule has 0 aromatic heterocycles. The van der Waals surface area contributed by atoms with Crippen molar-refractivity contribution in [2.24, 2.45) is 5.84 Å². The number of hydrazine groups is 1. The number of alkyl halides is 3. The van der Waals surface area contributed by atoms with Gasteiger partial charge in [0, 0.05) is 13.2 Å². The van der Waals surface area contributed by atoms with Crippen molar-refractivity contribution < 1.29 is 22.6 Å². The summed E-state index contributed by atoms with van der Waals surface area (Å²) in [5, 5.41) is 0. The highest BCUT2D eigenvalue weighted by molar-refractivity contribution is 5.26. The van der Waals surface area contributed by atoms with E-state index in [1.54, 1.807) is 13.2 Å². The summed E-state index contributed by atoms with van der Waals surface area (Å²) in [5.74, 6) is 5.38. The number of nitrogens with one attached hydrogen (secondary N) is 1. The van der Waals surface area contributed by atoms with Crippen molar-refractivity contribution in [1.29, 1.82) is 0 Å². The van der Waals surface area contributed by atoms with Crippen molar-refractivity contribution in [3.05, 3.63) is 35.4 Å². The van der Waals surface area contributed by atoms with Gasteiger partial charge in [-0.05, 0) is 18.1 Å². The summed E-state index contributed by atoms with van der Waals surface area (Å²) >= 11 is 0. The highest BCUT2D eigenvalue weighted by Crippen LogP contribution is 2.29. The molecular weight excluding hydrogens is 273 g/mol. The molecule has 1 atom stereocenters. The zero-order chi connectivity index (χ0) is 15.0. The summed E-state index contributed by atoms with van der Waals surface area (Å²) in [5.41, 5.74) is 2.43. The van der Waals surface area contributed by atoms with Gasteiger partial charge in [-0.25, -0.2) is 0 Å². The molecule has 0 aliphatic rings. The van der Waals surface area contributed by atoms with Gasteiger partial charge in [-0.2, -0.15) is 13.2 Å². The Kier molecular flexibility index (Phi) is 6.94. The minimum atomic E-state index is -4.34. The fourth-order valence-corrected chi connectivity index (χ4v) is 1.69. The van der Waals surface area contributed by atoms with Crippen LogP contribution in [0.5, 0.6) is 0 Å². The van der Waals surface area contributed by atoms with E-state index in [0.29, 0.717) is 31.8 Å². The maximum Gasteiger partial charge on any atom is 0.416 e. The first-order valence-electron chi connectivity index (χ1n) is 6.16. The van der Waals surface area contributed by atoms with E-state index in [0.717, 1.165) is 12.1 Å². The van der Waals surface area contributed by atoms with E-state index in [2.05, 4.69) is 5.43 Å². The van der Waals surface area contributed by atoms with E-state index in [4.69, 9.17) is 15.3 Å². The third-order valence-electron chi connectivity index (χ3n) is 2.72. The molecule has 1 aromatic rings. The molecule has 0 aliphatic heterocycles. The summed E-state index contributed by atoms with van der Waals surface area (Å²) < 4.78 is 47.9. The van der Waals surface area contributed by atoms with Crippen LogP contribution in [-0.4, -0.2) is 33.0 Å². The Bertz CT molecular complexity index is 399. The Morgan fingerprint density at radius 1 is 1.30 bits per heavy atom. The summed E-state index contributed by atoms with van der Waals surface area (Å²) in [4.78, 5) is 0. The second-order valence-electron chi connectivity index (χ2n) is 4.33. The summed E-state index contributed by atoms with van der Waals surface area (Å²) in [6, 6.07) is 4.94. The monoisotopic (exact) mass is 292 g/mol. The molecule has 0 bridgehead atoms. The standard InChI is InChI=1S/C13H19F3N2O2/c1-19-5-6-20-9-12(18-17)8-10-3-2-4-11(7-10)13(14,15)16/h2-4,7,12,18H,5-6,8-9,17H2,1H3. The first-order chi connectivity index (χ1) is 9.47. The number of hydrogen-bond donors (Lipinski definition) is 2. The highest BCUT2D eigenvalue weighted by Gasteiger charge is 2.30. The molecule has 3 N–H and O–H groups in total. The van der Waals surface area contributed by atoms with Crippen LogP contribution in [0.15, 0.2) is 24.3 Å². The van der Waals surface area contributed by atoms with E-state index in [1.807, 2.05) is 0 Å². The molecular formula is C13H19F3N2O2. The van der Waals surface area contributed by atoms with Gasteiger partial charge >= 0.3 is 6.18 Å². The van der Waals surface area contributed by atoms with Gasteiger partial charge in [0.15, 0.2) is 0 Å². The zero-order valence-corrected chi connectivity index (χ0v) is 11.2. The Balaban J connectivity index is 2.56. The largest absolute Gasteiger partial charge is 0.416 e. The van der Waals surface area contributed by atoms with Crippen molar-refractivity contribution in [2.45, 2.75) is 18.6 Å². The number of hydrogen-bond acceptors (Lipinski definition) is 4. The topological polar surface area (TPSA) is 56.5 Å². The quantitative estimate of drug-likeness (QED) is 0.435. The average molecular weight is 292 g/mol. The maximum atomic E-state index is 12.6. The van der Waals surface area contributed by atoms with Crippen LogP contribution in [0.4, 0.5) is 13.2 Å². The fraction of sp³-hybridized carbons (Fsp3) is 0.538. The van der Waals surface area contributed by atoms with Crippen LogP contribution in [0.3, 0.4) is 0 Å². The van der Waals surface area contributed by atoms with Gasteiger partial charge in [-0.15, -0.1) is 0 Å². The van der Waals surface area contributed by atoms with E-state index < -0.39 is 11.7 Å². The minimum Gasteiger partial charge on any atom is -0.382 e. The van der Waals surface area contributed by atoms with Crippen LogP contribution >= 0.6 is 0 Å². The first kappa shape index (κ1) is 16.9. The molecule has 4 nitrogen and oxygen atoms in total. The van der Waals surface area contributed by atoms with Crippen LogP contribution in [-0.2, 0) is 22.1 Å². The summed E-state index contributed by atoms with van der Waals surface area (Å²) in [6.45, 7) is 1.17. The van der Waals surface area contributed by atoms with Gasteiger partial charge in [0.25, 0.3) is 0 Å². The van der Waals surface area contributed by atoms with E-state index >= 15 is 0 Å². The molecule has 114 valence electrons. The minimum absolute atomic E-state index is 0.254. The molecule has 0 saturated heterocycles. The highest BCUT2D eigenvalue weighted by atomic mass is 19.4. The molecule has 0 radical (unpaired) electrons. The molecule has 0 heterocycles. The van der Waals surface area contributed by atoms with E-state index in [1.165, 1.54) is 6.07 Å². The Hall–Kier alpha value is -1.15. The predicted octanol–water partition coefficient (Wildman–Crippen LogP) is 1.74. The molecule has 1 rings (SSSR count). The molecule has 1 unspecified atom stereocenters. The molecule has 0 saturated carbocycles. The number of ether oxygens (including phenoxy) is 2. The third kappa shape index (κ3) is 5.87. The maximum absolute atomic E-state index is 12.6. The molecule has 7 heteroatoms. The van der Waals surface area contributed by atoms with Crippen LogP contribution in [0.2, 0.25) is 0 Å². The van der Waals surface area contributed by atoms with Gasteiger partial charge in [-0.1, -0.05) is 18.2 Å². The van der Waals surface area contributed by atoms with Crippen LogP contribution in [0, 0.1) is 0 Å². The van der Waals surface area contributed by atoms with Crippen molar-refractivity contribution in [2.75, 3.05) is 26.9 Å². The molecule has 0 spiro atoms. The number of nitrogens with two attached hydrogens (primary N) is 1. The second-order valence-corrected chi connectivity index (χ2v) is 4.33. The molecule has 0 fully saturated rings. The zero-order valence-electron chi connectivity index (χ0n) is 11.2.